The lowest BCUT2D eigenvalue weighted by molar-refractivity contribution is -0.137. The number of benzene rings is 2. The van der Waals surface area contributed by atoms with Crippen molar-refractivity contribution in [2.45, 2.75) is 50.3 Å². The molecule has 40 heavy (non-hydrogen) atoms. The van der Waals surface area contributed by atoms with E-state index in [0.29, 0.717) is 23.3 Å². The van der Waals surface area contributed by atoms with Crippen molar-refractivity contribution in [3.8, 4) is 11.3 Å². The zero-order valence-corrected chi connectivity index (χ0v) is 22.2. The number of nitrogens with zero attached hydrogens (tertiary/aromatic N) is 5. The number of amides is 1. The number of aromatic nitrogens is 4. The van der Waals surface area contributed by atoms with Crippen molar-refractivity contribution in [2.75, 3.05) is 13.1 Å². The van der Waals surface area contributed by atoms with Crippen molar-refractivity contribution in [3.63, 3.8) is 0 Å². The Kier molecular flexibility index (Phi) is 7.77. The molecule has 3 N–H and O–H groups in total. The average molecular weight is 551 g/mol. The molecule has 0 spiro atoms. The van der Waals surface area contributed by atoms with Crippen LogP contribution in [0.1, 0.15) is 36.3 Å². The summed E-state index contributed by atoms with van der Waals surface area (Å²) in [7, 11) is 1.74. The highest BCUT2D eigenvalue weighted by Gasteiger charge is 2.36. The topological polar surface area (TPSA) is 119 Å². The molecule has 0 bridgehead atoms. The second-order valence-electron chi connectivity index (χ2n) is 10.4. The van der Waals surface area contributed by atoms with E-state index >= 15 is 0 Å². The number of fused-ring (bicyclic) bond motifs is 1. The molecule has 9 nitrogen and oxygen atoms in total. The molecule has 4 aromatic rings. The summed E-state index contributed by atoms with van der Waals surface area (Å²) in [6.45, 7) is 0.819. The summed E-state index contributed by atoms with van der Waals surface area (Å²) in [6.07, 6.45) is -1.16. The number of likely N-dealkylation sites (tertiary alicyclic amines) is 1. The molecule has 1 atom stereocenters. The molecular formula is C29H32F2N6O3. The van der Waals surface area contributed by atoms with Gasteiger partial charge < -0.3 is 15.7 Å². The molecule has 2 aromatic carbocycles. The third-order valence-electron chi connectivity index (χ3n) is 7.71. The molecule has 11 heteroatoms. The van der Waals surface area contributed by atoms with Crippen LogP contribution < -0.4 is 11.3 Å². The van der Waals surface area contributed by atoms with Crippen molar-refractivity contribution in [2.24, 2.45) is 12.8 Å². The van der Waals surface area contributed by atoms with Crippen LogP contribution in [0, 0.1) is 0 Å². The Labute approximate surface area is 229 Å². The fraction of sp³-hybridized carbons (Fsp3) is 0.379. The van der Waals surface area contributed by atoms with Crippen LogP contribution in [0.3, 0.4) is 0 Å². The van der Waals surface area contributed by atoms with E-state index in [1.54, 1.807) is 42.1 Å². The summed E-state index contributed by atoms with van der Waals surface area (Å²) < 4.78 is 30.4. The maximum Gasteiger partial charge on any atom is 0.281 e. The minimum Gasteiger partial charge on any atom is -0.388 e. The van der Waals surface area contributed by atoms with Crippen LogP contribution in [-0.4, -0.2) is 60.4 Å². The van der Waals surface area contributed by atoms with Gasteiger partial charge in [0.2, 0.25) is 12.3 Å². The lowest BCUT2D eigenvalue weighted by Crippen LogP contribution is -2.50. The van der Waals surface area contributed by atoms with Gasteiger partial charge in [-0.3, -0.25) is 18.8 Å². The summed E-state index contributed by atoms with van der Waals surface area (Å²) in [5, 5.41) is 15.7. The summed E-state index contributed by atoms with van der Waals surface area (Å²) in [5.41, 5.74) is 7.68. The molecule has 0 unspecified atom stereocenters. The summed E-state index contributed by atoms with van der Waals surface area (Å²) in [5.74, 6) is -1.57. The van der Waals surface area contributed by atoms with Crippen molar-refractivity contribution in [1.29, 1.82) is 0 Å². The minimum atomic E-state index is -2.67. The van der Waals surface area contributed by atoms with Gasteiger partial charge in [0.25, 0.3) is 5.56 Å². The van der Waals surface area contributed by atoms with Crippen LogP contribution in [0.4, 0.5) is 8.78 Å². The van der Waals surface area contributed by atoms with E-state index in [0.717, 1.165) is 11.1 Å². The van der Waals surface area contributed by atoms with Crippen LogP contribution in [0.5, 0.6) is 0 Å². The molecule has 5 rings (SSSR count). The van der Waals surface area contributed by atoms with Gasteiger partial charge in [0.05, 0.1) is 30.1 Å². The third kappa shape index (κ3) is 5.52. The monoisotopic (exact) mass is 550 g/mol. The van der Waals surface area contributed by atoms with Crippen LogP contribution >= 0.6 is 0 Å². The van der Waals surface area contributed by atoms with E-state index < -0.39 is 17.9 Å². The fourth-order valence-electron chi connectivity index (χ4n) is 5.35. The molecule has 210 valence electrons. The Morgan fingerprint density at radius 3 is 2.38 bits per heavy atom. The van der Waals surface area contributed by atoms with Crippen molar-refractivity contribution < 1.29 is 18.7 Å². The standard InChI is InChI=1S/C29H32F2N6O3/c1-35-26(21-9-7-19(16-32)8-10-21)24-25(34-35)28(39)37(18-33-24)17-29(40)11-13-36(14-12-29)23(38)15-22(27(30)31)20-5-3-2-4-6-20/h2-10,18,22,27,40H,11-17,32H2,1H3/t22-/m1/s1. The number of halogens is 2. The number of hydrogen-bond donors (Lipinski definition) is 2. The van der Waals surface area contributed by atoms with Gasteiger partial charge in [0, 0.05) is 38.7 Å². The number of carbonyl (C=O) groups excluding carboxylic acids is 1. The Balaban J connectivity index is 1.28. The third-order valence-corrected chi connectivity index (χ3v) is 7.71. The van der Waals surface area contributed by atoms with E-state index in [-0.39, 0.29) is 55.9 Å². The largest absolute Gasteiger partial charge is 0.388 e. The molecule has 1 amide bonds. The number of piperidine rings is 1. The highest BCUT2D eigenvalue weighted by atomic mass is 19.3. The minimum absolute atomic E-state index is 0.0163. The first-order valence-electron chi connectivity index (χ1n) is 13.2. The summed E-state index contributed by atoms with van der Waals surface area (Å²) in [4.78, 5) is 32.2. The van der Waals surface area contributed by atoms with Gasteiger partial charge in [-0.2, -0.15) is 5.10 Å². The van der Waals surface area contributed by atoms with Crippen molar-refractivity contribution in [3.05, 3.63) is 82.4 Å². The molecule has 1 aliphatic heterocycles. The van der Waals surface area contributed by atoms with E-state index in [2.05, 4.69) is 10.1 Å². The number of rotatable bonds is 8. The molecule has 2 aromatic heterocycles. The predicted octanol–water partition coefficient (Wildman–Crippen LogP) is 3.05. The SMILES string of the molecule is Cn1nc2c(=O)n(CC3(O)CCN(C(=O)C[C@H](c4ccccc4)C(F)F)CC3)cnc2c1-c1ccc(CN)cc1. The lowest BCUT2D eigenvalue weighted by atomic mass is 9.90. The predicted molar refractivity (Wildman–Crippen MR) is 147 cm³/mol. The fourth-order valence-corrected chi connectivity index (χ4v) is 5.35. The Morgan fingerprint density at radius 1 is 1.07 bits per heavy atom. The first-order chi connectivity index (χ1) is 19.2. The molecule has 1 aliphatic rings. The second-order valence-corrected chi connectivity index (χ2v) is 10.4. The number of aryl methyl sites for hydroxylation is 1. The van der Waals surface area contributed by atoms with Crippen LogP contribution in [0.15, 0.2) is 65.7 Å². The maximum absolute atomic E-state index is 13.7. The molecule has 0 saturated carbocycles. The number of hydrogen-bond acceptors (Lipinski definition) is 6. The van der Waals surface area contributed by atoms with Gasteiger partial charge in [-0.25, -0.2) is 13.8 Å². The molecule has 0 aliphatic carbocycles. The van der Waals surface area contributed by atoms with Gasteiger partial charge in [0.15, 0.2) is 5.52 Å². The zero-order valence-electron chi connectivity index (χ0n) is 22.2. The highest BCUT2D eigenvalue weighted by Crippen LogP contribution is 2.30. The normalized spacial score (nSPS) is 16.0. The lowest BCUT2D eigenvalue weighted by Gasteiger charge is -2.38. The number of aliphatic hydroxyl groups is 1. The van der Waals surface area contributed by atoms with E-state index in [9.17, 15) is 23.5 Å². The Morgan fingerprint density at radius 2 is 1.75 bits per heavy atom. The smallest absolute Gasteiger partial charge is 0.281 e. The summed E-state index contributed by atoms with van der Waals surface area (Å²) >= 11 is 0. The molecule has 1 fully saturated rings. The number of nitrogens with two attached hydrogens (primary N) is 1. The van der Waals surface area contributed by atoms with Gasteiger partial charge in [-0.1, -0.05) is 54.6 Å². The van der Waals surface area contributed by atoms with Gasteiger partial charge in [0.1, 0.15) is 5.52 Å². The molecule has 3 heterocycles. The van der Waals surface area contributed by atoms with Crippen molar-refractivity contribution >= 4 is 16.9 Å². The maximum atomic E-state index is 13.7. The highest BCUT2D eigenvalue weighted by molar-refractivity contribution is 5.89. The quantitative estimate of drug-likeness (QED) is 0.348. The van der Waals surface area contributed by atoms with E-state index in [1.807, 2.05) is 24.3 Å². The first-order valence-corrected chi connectivity index (χ1v) is 13.2. The Bertz CT molecular complexity index is 1540. The molecular weight excluding hydrogens is 518 g/mol. The van der Waals surface area contributed by atoms with Gasteiger partial charge in [-0.15, -0.1) is 0 Å². The van der Waals surface area contributed by atoms with Crippen LogP contribution in [-0.2, 0) is 24.9 Å². The van der Waals surface area contributed by atoms with E-state index in [1.165, 1.54) is 15.8 Å². The van der Waals surface area contributed by atoms with Gasteiger partial charge in [-0.05, 0) is 24.0 Å². The molecule has 0 radical (unpaired) electrons. The second kappa shape index (κ2) is 11.3. The Hall–Kier alpha value is -3.96. The van der Waals surface area contributed by atoms with Crippen LogP contribution in [0.25, 0.3) is 22.3 Å². The van der Waals surface area contributed by atoms with Crippen LogP contribution in [0.2, 0.25) is 0 Å². The van der Waals surface area contributed by atoms with Gasteiger partial charge >= 0.3 is 0 Å². The molecule has 1 saturated heterocycles. The zero-order chi connectivity index (χ0) is 28.4. The number of carbonyl (C=O) groups is 1. The van der Waals surface area contributed by atoms with E-state index in [4.69, 9.17) is 5.73 Å². The average Bonchev–Trinajstić information content (AvgIpc) is 3.30. The number of alkyl halides is 2. The summed E-state index contributed by atoms with van der Waals surface area (Å²) in [6, 6.07) is 15.9. The first kappa shape index (κ1) is 27.6. The van der Waals surface area contributed by atoms with Crippen molar-refractivity contribution in [1.82, 2.24) is 24.2 Å².